The quantitative estimate of drug-likeness (QED) is 0.409. The summed E-state index contributed by atoms with van der Waals surface area (Å²) in [5.41, 5.74) is 3.46. The van der Waals surface area contributed by atoms with Crippen LogP contribution >= 0.6 is 11.6 Å². The predicted molar refractivity (Wildman–Crippen MR) is 116 cm³/mol. The second kappa shape index (κ2) is 8.73. The summed E-state index contributed by atoms with van der Waals surface area (Å²) in [5.74, 6) is 0.201. The predicted octanol–water partition coefficient (Wildman–Crippen LogP) is 5.27. The summed E-state index contributed by atoms with van der Waals surface area (Å²) in [5, 5.41) is 2.34. The highest BCUT2D eigenvalue weighted by Gasteiger charge is 2.22. The molecule has 0 spiro atoms. The number of aromatic nitrogens is 2. The van der Waals surface area contributed by atoms with Gasteiger partial charge in [-0.3, -0.25) is 0 Å². The molecule has 0 aliphatic rings. The molecule has 0 radical (unpaired) electrons. The number of esters is 1. The normalized spacial score (nSPS) is 11.2. The molecule has 4 aromatic rings. The van der Waals surface area contributed by atoms with Gasteiger partial charge in [-0.25, -0.2) is 9.78 Å². The Hall–Kier alpha value is -3.09. The van der Waals surface area contributed by atoms with E-state index in [-0.39, 0.29) is 18.9 Å². The molecule has 2 heterocycles. The van der Waals surface area contributed by atoms with Crippen molar-refractivity contribution < 1.29 is 19.0 Å². The molecule has 0 amide bonds. The molecular formula is C23H21ClN2O4. The van der Waals surface area contributed by atoms with Crippen molar-refractivity contribution in [1.29, 1.82) is 0 Å². The number of nitrogens with one attached hydrogen (secondary N) is 1. The van der Waals surface area contributed by atoms with Crippen molar-refractivity contribution in [3.63, 3.8) is 0 Å². The number of H-pyrrole nitrogens is 1. The topological polar surface area (TPSA) is 73.4 Å². The molecule has 4 rings (SSSR count). The zero-order chi connectivity index (χ0) is 21.1. The number of carbonyl (C=O) groups excluding carboxylic acids is 1. The first kappa shape index (κ1) is 20.2. The zero-order valence-corrected chi connectivity index (χ0v) is 17.5. The van der Waals surface area contributed by atoms with Crippen LogP contribution < -0.4 is 4.74 Å². The monoisotopic (exact) mass is 424 g/mol. The highest BCUT2D eigenvalue weighted by Crippen LogP contribution is 2.37. The first-order valence-corrected chi connectivity index (χ1v) is 9.96. The van der Waals surface area contributed by atoms with Crippen LogP contribution in [0, 0.1) is 0 Å². The number of ether oxygens (including phenoxy) is 3. The van der Waals surface area contributed by atoms with Gasteiger partial charge in [0.15, 0.2) is 5.69 Å². The van der Waals surface area contributed by atoms with Crippen LogP contribution in [0.15, 0.2) is 48.7 Å². The number of methoxy groups -OCH3 is 1. The van der Waals surface area contributed by atoms with Gasteiger partial charge in [-0.15, -0.1) is 0 Å². The summed E-state index contributed by atoms with van der Waals surface area (Å²) in [6.07, 6.45) is 1.64. The summed E-state index contributed by atoms with van der Waals surface area (Å²) in [4.78, 5) is 20.2. The highest BCUT2D eigenvalue weighted by molar-refractivity contribution is 6.31. The van der Waals surface area contributed by atoms with E-state index in [2.05, 4.69) is 9.97 Å². The van der Waals surface area contributed by atoms with Crippen LogP contribution in [-0.4, -0.2) is 29.7 Å². The van der Waals surface area contributed by atoms with Gasteiger partial charge >= 0.3 is 5.97 Å². The van der Waals surface area contributed by atoms with Gasteiger partial charge in [0.1, 0.15) is 12.4 Å². The minimum Gasteiger partial charge on any atom is -0.488 e. The molecule has 1 N–H and O–H groups in total. The highest BCUT2D eigenvalue weighted by atomic mass is 35.5. The second-order valence-corrected chi connectivity index (χ2v) is 7.12. The molecule has 0 bridgehead atoms. The SMILES string of the molecule is CCOC(=O)c1ncc2[nH]c3cccc(OCc4ccccc4Cl)c3c2c1COC. The molecule has 0 saturated carbocycles. The Labute approximate surface area is 178 Å². The Morgan fingerprint density at radius 1 is 1.07 bits per heavy atom. The van der Waals surface area contributed by atoms with Crippen LogP contribution in [0.3, 0.4) is 0 Å². The van der Waals surface area contributed by atoms with Crippen LogP contribution in [0.5, 0.6) is 5.75 Å². The van der Waals surface area contributed by atoms with Gasteiger partial charge in [0.25, 0.3) is 0 Å². The lowest BCUT2D eigenvalue weighted by Crippen LogP contribution is -2.11. The minimum atomic E-state index is -0.477. The first-order chi connectivity index (χ1) is 14.6. The fraction of sp³-hybridized carbons (Fsp3) is 0.217. The maximum atomic E-state index is 12.5. The lowest BCUT2D eigenvalue weighted by Gasteiger charge is -2.12. The number of hydrogen-bond acceptors (Lipinski definition) is 5. The van der Waals surface area contributed by atoms with E-state index in [1.807, 2.05) is 42.5 Å². The summed E-state index contributed by atoms with van der Waals surface area (Å²) >= 11 is 6.27. The van der Waals surface area contributed by atoms with Crippen molar-refractivity contribution in [2.45, 2.75) is 20.1 Å². The number of rotatable bonds is 7. The summed E-state index contributed by atoms with van der Waals surface area (Å²) in [6.45, 7) is 2.56. The molecule has 2 aromatic heterocycles. The molecular weight excluding hydrogens is 404 g/mol. The minimum absolute atomic E-state index is 0.213. The number of fused-ring (bicyclic) bond motifs is 3. The summed E-state index contributed by atoms with van der Waals surface area (Å²) in [6, 6.07) is 13.3. The molecule has 2 aromatic carbocycles. The van der Waals surface area contributed by atoms with Gasteiger partial charge < -0.3 is 19.2 Å². The molecule has 0 atom stereocenters. The number of hydrogen-bond donors (Lipinski definition) is 1. The molecule has 7 heteroatoms. The maximum absolute atomic E-state index is 12.5. The average molecular weight is 425 g/mol. The van der Waals surface area contributed by atoms with Crippen LogP contribution in [-0.2, 0) is 22.7 Å². The fourth-order valence-electron chi connectivity index (χ4n) is 3.52. The van der Waals surface area contributed by atoms with E-state index < -0.39 is 5.97 Å². The summed E-state index contributed by atoms with van der Waals surface area (Å²) < 4.78 is 16.7. The van der Waals surface area contributed by atoms with Gasteiger partial charge in [-0.05, 0) is 25.1 Å². The average Bonchev–Trinajstić information content (AvgIpc) is 3.13. The maximum Gasteiger partial charge on any atom is 0.357 e. The van der Waals surface area contributed by atoms with Gasteiger partial charge in [0.2, 0.25) is 0 Å². The third-order valence-electron chi connectivity index (χ3n) is 4.82. The van der Waals surface area contributed by atoms with Crippen molar-refractivity contribution in [3.8, 4) is 5.75 Å². The Morgan fingerprint density at radius 2 is 1.90 bits per heavy atom. The molecule has 0 aliphatic heterocycles. The number of carbonyl (C=O) groups is 1. The van der Waals surface area contributed by atoms with Gasteiger partial charge in [-0.1, -0.05) is 35.9 Å². The van der Waals surface area contributed by atoms with Crippen LogP contribution in [0.4, 0.5) is 0 Å². The third-order valence-corrected chi connectivity index (χ3v) is 5.19. The molecule has 0 saturated heterocycles. The van der Waals surface area contributed by atoms with Crippen LogP contribution in [0.2, 0.25) is 5.02 Å². The van der Waals surface area contributed by atoms with E-state index in [1.54, 1.807) is 20.2 Å². The molecule has 6 nitrogen and oxygen atoms in total. The Morgan fingerprint density at radius 3 is 2.67 bits per heavy atom. The second-order valence-electron chi connectivity index (χ2n) is 6.71. The Bertz CT molecular complexity index is 1220. The fourth-order valence-corrected chi connectivity index (χ4v) is 3.71. The lowest BCUT2D eigenvalue weighted by molar-refractivity contribution is 0.0514. The van der Waals surface area contributed by atoms with Crippen molar-refractivity contribution in [3.05, 3.63) is 70.5 Å². The number of nitrogens with zero attached hydrogens (tertiary/aromatic N) is 1. The lowest BCUT2D eigenvalue weighted by atomic mass is 10.0. The molecule has 0 unspecified atom stereocenters. The van der Waals surface area contributed by atoms with Crippen molar-refractivity contribution in [1.82, 2.24) is 9.97 Å². The number of benzene rings is 2. The van der Waals surface area contributed by atoms with E-state index in [0.29, 0.717) is 22.9 Å². The Balaban J connectivity index is 1.86. The summed E-state index contributed by atoms with van der Waals surface area (Å²) in [7, 11) is 1.58. The zero-order valence-electron chi connectivity index (χ0n) is 16.7. The number of pyridine rings is 1. The van der Waals surface area contributed by atoms with Crippen molar-refractivity contribution in [2.24, 2.45) is 0 Å². The van der Waals surface area contributed by atoms with Gasteiger partial charge in [0, 0.05) is 34.0 Å². The molecule has 154 valence electrons. The van der Waals surface area contributed by atoms with Crippen LogP contribution in [0.25, 0.3) is 21.8 Å². The van der Waals surface area contributed by atoms with Gasteiger partial charge in [-0.2, -0.15) is 0 Å². The molecule has 30 heavy (non-hydrogen) atoms. The Kier molecular flexibility index (Phi) is 5.88. The van der Waals surface area contributed by atoms with E-state index in [4.69, 9.17) is 25.8 Å². The largest absolute Gasteiger partial charge is 0.488 e. The smallest absolute Gasteiger partial charge is 0.357 e. The first-order valence-electron chi connectivity index (χ1n) is 9.58. The third kappa shape index (κ3) is 3.72. The molecule has 0 fully saturated rings. The van der Waals surface area contributed by atoms with Crippen LogP contribution in [0.1, 0.15) is 28.5 Å². The van der Waals surface area contributed by atoms with Gasteiger partial charge in [0.05, 0.1) is 30.4 Å². The van der Waals surface area contributed by atoms with E-state index in [0.717, 1.165) is 27.4 Å². The molecule has 0 aliphatic carbocycles. The number of aromatic amines is 1. The van der Waals surface area contributed by atoms with Crippen molar-refractivity contribution in [2.75, 3.05) is 13.7 Å². The van der Waals surface area contributed by atoms with E-state index in [1.165, 1.54) is 0 Å². The van der Waals surface area contributed by atoms with E-state index >= 15 is 0 Å². The standard InChI is InChI=1S/C23H21ClN2O4/c1-3-29-23(27)22-15(13-28-2)20-18(11-25-22)26-17-9-6-10-19(21(17)20)30-12-14-7-4-5-8-16(14)24/h4-11,26H,3,12-13H2,1-2H3. The van der Waals surface area contributed by atoms with Crippen molar-refractivity contribution >= 4 is 39.4 Å². The van der Waals surface area contributed by atoms with E-state index in [9.17, 15) is 4.79 Å². The number of halogens is 1.